The molecule has 1 rings (SSSR count). The molecule has 10 nitrogen and oxygen atoms in total. The molecule has 0 aliphatic carbocycles. The Balaban J connectivity index is -0.000000321. The van der Waals surface area contributed by atoms with E-state index < -0.39 is 11.9 Å². The van der Waals surface area contributed by atoms with E-state index >= 15 is 0 Å². The quantitative estimate of drug-likeness (QED) is 0.341. The zero-order valence-electron chi connectivity index (χ0n) is 13.0. The molecule has 0 spiro atoms. The van der Waals surface area contributed by atoms with Crippen molar-refractivity contribution in [1.29, 1.82) is 0 Å². The molecule has 0 saturated carbocycles. The average Bonchev–Trinajstić information content (AvgIpc) is 2.90. The molecule has 0 radical (unpaired) electrons. The second-order valence-electron chi connectivity index (χ2n) is 4.50. The predicted molar refractivity (Wildman–Crippen MR) is 87.5 cm³/mol. The minimum Gasteiger partial charge on any atom is -0.370 e. The number of carbonyl (C=O) groups excluding carboxylic acids is 4. The molecular weight excluding hydrogens is 304 g/mol. The van der Waals surface area contributed by atoms with Gasteiger partial charge < -0.3 is 33.6 Å². The number of carbonyl (C=O) groups is 4. The van der Waals surface area contributed by atoms with Crippen molar-refractivity contribution in [3.63, 3.8) is 0 Å². The first-order chi connectivity index (χ1) is 9.81. The highest BCUT2D eigenvalue weighted by atomic mass is 16.2. The van der Waals surface area contributed by atoms with Crippen LogP contribution in [0.3, 0.4) is 0 Å². The van der Waals surface area contributed by atoms with Gasteiger partial charge in [-0.3, -0.25) is 19.2 Å². The second-order valence-corrected chi connectivity index (χ2v) is 4.50. The fourth-order valence-corrected chi connectivity index (χ4v) is 1.60. The van der Waals surface area contributed by atoms with Gasteiger partial charge in [0.25, 0.3) is 0 Å². The van der Waals surface area contributed by atoms with Crippen molar-refractivity contribution in [1.82, 2.24) is 22.1 Å². The Morgan fingerprint density at radius 3 is 2.22 bits per heavy atom. The Bertz CT molecular complexity index is 402. The van der Waals surface area contributed by atoms with E-state index in [1.807, 2.05) is 0 Å². The average molecular weight is 334 g/mol. The zero-order valence-corrected chi connectivity index (χ0v) is 13.0. The number of rotatable bonds is 5. The molecule has 10 heteroatoms. The van der Waals surface area contributed by atoms with E-state index in [-0.39, 0.29) is 43.8 Å². The largest absolute Gasteiger partial charge is 0.370 e. The monoisotopic (exact) mass is 334 g/mol. The Hall–Kier alpha value is -2.20. The summed E-state index contributed by atoms with van der Waals surface area (Å²) in [4.78, 5) is 42.4. The Morgan fingerprint density at radius 1 is 1.30 bits per heavy atom. The number of hydrogen-bond acceptors (Lipinski definition) is 6. The number of hydrogen-bond donors (Lipinski definition) is 6. The van der Waals surface area contributed by atoms with Gasteiger partial charge in [0.05, 0.1) is 6.04 Å². The minimum absolute atomic E-state index is 0. The molecule has 1 heterocycles. The first-order valence-electron chi connectivity index (χ1n) is 6.58. The summed E-state index contributed by atoms with van der Waals surface area (Å²) in [5.41, 5.74) is 10.2. The second kappa shape index (κ2) is 13.5. The lowest BCUT2D eigenvalue weighted by Crippen LogP contribution is -2.39. The van der Waals surface area contributed by atoms with E-state index in [0.717, 1.165) is 0 Å². The van der Waals surface area contributed by atoms with Crippen molar-refractivity contribution in [2.45, 2.75) is 45.2 Å². The molecule has 0 aromatic carbocycles. The first-order valence-corrected chi connectivity index (χ1v) is 6.58. The fourth-order valence-electron chi connectivity index (χ4n) is 1.60. The van der Waals surface area contributed by atoms with E-state index in [9.17, 15) is 19.2 Å². The highest BCUT2D eigenvalue weighted by molar-refractivity contribution is 5.90. The maximum absolute atomic E-state index is 10.8. The first kappa shape index (κ1) is 25.7. The molecule has 2 unspecified atom stereocenters. The summed E-state index contributed by atoms with van der Waals surface area (Å²) < 4.78 is 0. The van der Waals surface area contributed by atoms with Crippen LogP contribution in [0.4, 0.5) is 0 Å². The Morgan fingerprint density at radius 2 is 1.87 bits per heavy atom. The molecule has 10 N–H and O–H groups in total. The van der Waals surface area contributed by atoms with Crippen molar-refractivity contribution < 1.29 is 19.2 Å². The molecule has 0 aromatic rings. The molecular formula is C13H30N6O4. The van der Waals surface area contributed by atoms with Crippen molar-refractivity contribution in [3.05, 3.63) is 0 Å². The fraction of sp³-hybridized carbons (Fsp3) is 0.692. The Kier molecular flexibility index (Phi) is 15.1. The van der Waals surface area contributed by atoms with Crippen LogP contribution in [0.15, 0.2) is 0 Å². The summed E-state index contributed by atoms with van der Waals surface area (Å²) in [6.07, 6.45) is 1.54. The molecule has 1 saturated heterocycles. The van der Waals surface area contributed by atoms with Crippen LogP contribution in [0.2, 0.25) is 0 Å². The SMILES string of the molecule is C.CNC(=O)C(N)CCC(N)=O.CNC(=O)C1CCC(=O)N1.N. The van der Waals surface area contributed by atoms with Crippen LogP contribution in [0.5, 0.6) is 0 Å². The van der Waals surface area contributed by atoms with Gasteiger partial charge in [-0.2, -0.15) is 0 Å². The number of likely N-dealkylation sites (N-methyl/N-ethyl adjacent to an activating group) is 2. The highest BCUT2D eigenvalue weighted by Gasteiger charge is 2.25. The minimum atomic E-state index is -0.632. The molecule has 1 fully saturated rings. The normalized spacial score (nSPS) is 16.3. The van der Waals surface area contributed by atoms with Gasteiger partial charge in [0, 0.05) is 26.9 Å². The molecule has 0 bridgehead atoms. The molecule has 2 atom stereocenters. The third kappa shape index (κ3) is 11.1. The smallest absolute Gasteiger partial charge is 0.242 e. The van der Waals surface area contributed by atoms with Gasteiger partial charge in [0.15, 0.2) is 0 Å². The van der Waals surface area contributed by atoms with Crippen molar-refractivity contribution in [2.75, 3.05) is 14.1 Å². The van der Waals surface area contributed by atoms with E-state index in [4.69, 9.17) is 11.5 Å². The third-order valence-corrected chi connectivity index (χ3v) is 2.84. The zero-order chi connectivity index (χ0) is 16.4. The maximum atomic E-state index is 10.8. The van der Waals surface area contributed by atoms with Gasteiger partial charge in [-0.1, -0.05) is 7.43 Å². The van der Waals surface area contributed by atoms with Crippen LogP contribution in [-0.4, -0.2) is 49.8 Å². The summed E-state index contributed by atoms with van der Waals surface area (Å²) in [7, 11) is 3.05. The molecule has 136 valence electrons. The van der Waals surface area contributed by atoms with E-state index in [2.05, 4.69) is 16.0 Å². The van der Waals surface area contributed by atoms with Crippen molar-refractivity contribution in [2.24, 2.45) is 11.5 Å². The van der Waals surface area contributed by atoms with Gasteiger partial charge in [-0.15, -0.1) is 0 Å². The topological polar surface area (TPSA) is 191 Å². The van der Waals surface area contributed by atoms with Crippen LogP contribution >= 0.6 is 0 Å². The maximum Gasteiger partial charge on any atom is 0.242 e. The molecule has 4 amide bonds. The van der Waals surface area contributed by atoms with E-state index in [0.29, 0.717) is 19.3 Å². The number of amides is 4. The Labute approximate surface area is 136 Å². The van der Waals surface area contributed by atoms with Crippen molar-refractivity contribution >= 4 is 23.6 Å². The summed E-state index contributed by atoms with van der Waals surface area (Å²) >= 11 is 0. The van der Waals surface area contributed by atoms with E-state index in [1.165, 1.54) is 7.05 Å². The lowest BCUT2D eigenvalue weighted by molar-refractivity contribution is -0.125. The standard InChI is InChI=1S/C6H13N3O2.C6H10N2O2.CH4.H3N/c1-9-6(11)4(7)2-3-5(8)10;1-7-6(10)4-2-3-5(9)8-4;;/h4H,2-3,7H2,1H3,(H2,8,10)(H,9,11);4H,2-3H2,1H3,(H,7,10)(H,8,9);1H4;1H3. The summed E-state index contributed by atoms with van der Waals surface area (Å²) in [6.45, 7) is 0. The molecule has 1 aliphatic heterocycles. The number of nitrogens with two attached hydrogens (primary N) is 2. The molecule has 0 aromatic heterocycles. The van der Waals surface area contributed by atoms with Gasteiger partial charge in [0.1, 0.15) is 6.04 Å². The number of nitrogens with one attached hydrogen (secondary N) is 3. The van der Waals surface area contributed by atoms with E-state index in [1.54, 1.807) is 7.05 Å². The summed E-state index contributed by atoms with van der Waals surface area (Å²) in [5, 5.41) is 7.40. The third-order valence-electron chi connectivity index (χ3n) is 2.84. The lowest BCUT2D eigenvalue weighted by Gasteiger charge is -2.07. The van der Waals surface area contributed by atoms with Crippen LogP contribution in [-0.2, 0) is 19.2 Å². The summed E-state index contributed by atoms with van der Waals surface area (Å²) in [6, 6.07) is -0.926. The van der Waals surface area contributed by atoms with Gasteiger partial charge >= 0.3 is 0 Å². The predicted octanol–water partition coefficient (Wildman–Crippen LogP) is -1.87. The van der Waals surface area contributed by atoms with Gasteiger partial charge in [0.2, 0.25) is 23.6 Å². The lowest BCUT2D eigenvalue weighted by atomic mass is 10.1. The molecule has 23 heavy (non-hydrogen) atoms. The van der Waals surface area contributed by atoms with Crippen LogP contribution in [0.25, 0.3) is 0 Å². The molecule has 1 aliphatic rings. The van der Waals surface area contributed by atoms with Gasteiger partial charge in [-0.05, 0) is 12.8 Å². The van der Waals surface area contributed by atoms with Crippen LogP contribution < -0.4 is 33.6 Å². The van der Waals surface area contributed by atoms with Crippen molar-refractivity contribution in [3.8, 4) is 0 Å². The van der Waals surface area contributed by atoms with Gasteiger partial charge in [-0.25, -0.2) is 0 Å². The van der Waals surface area contributed by atoms with Crippen LogP contribution in [0.1, 0.15) is 33.1 Å². The number of primary amides is 1. The summed E-state index contributed by atoms with van der Waals surface area (Å²) in [5.74, 6) is -0.852. The van der Waals surface area contributed by atoms with Crippen LogP contribution in [0, 0.1) is 0 Å². The highest BCUT2D eigenvalue weighted by Crippen LogP contribution is 2.05.